The van der Waals surface area contributed by atoms with Crippen LogP contribution in [0.5, 0.6) is 0 Å². The van der Waals surface area contributed by atoms with Crippen LogP contribution in [0.15, 0.2) is 59.0 Å². The fourth-order valence-corrected chi connectivity index (χ4v) is 2.55. The number of esters is 1. The molecule has 3 aromatic rings. The molecule has 5 nitrogen and oxygen atoms in total. The number of ether oxygens (including phenoxy) is 1. The number of halogens is 1. The van der Waals surface area contributed by atoms with E-state index in [9.17, 15) is 9.59 Å². The van der Waals surface area contributed by atoms with Crippen molar-refractivity contribution >= 4 is 34.4 Å². The highest BCUT2D eigenvalue weighted by molar-refractivity contribution is 6.31. The van der Waals surface area contributed by atoms with Crippen molar-refractivity contribution in [3.8, 4) is 0 Å². The van der Waals surface area contributed by atoms with Crippen molar-refractivity contribution < 1.29 is 18.7 Å². The van der Waals surface area contributed by atoms with E-state index in [1.54, 1.807) is 31.3 Å². The average Bonchev–Trinajstić information content (AvgIpc) is 3.03. The SMILES string of the molecule is CN(Cc1ccccc1)C(=O)COC(=O)c1cc2cc(Cl)ccc2o1. The maximum atomic E-state index is 12.1. The summed E-state index contributed by atoms with van der Waals surface area (Å²) in [5.41, 5.74) is 1.53. The molecule has 0 aliphatic rings. The summed E-state index contributed by atoms with van der Waals surface area (Å²) in [7, 11) is 1.66. The number of rotatable bonds is 5. The monoisotopic (exact) mass is 357 g/mol. The second kappa shape index (κ2) is 7.40. The Morgan fingerprint density at radius 3 is 2.64 bits per heavy atom. The molecule has 0 aliphatic carbocycles. The van der Waals surface area contributed by atoms with Gasteiger partial charge in [-0.05, 0) is 29.8 Å². The number of fused-ring (bicyclic) bond motifs is 1. The Balaban J connectivity index is 1.58. The first-order valence-corrected chi connectivity index (χ1v) is 8.05. The van der Waals surface area contributed by atoms with Gasteiger partial charge in [-0.3, -0.25) is 4.79 Å². The number of amides is 1. The fourth-order valence-electron chi connectivity index (χ4n) is 2.37. The number of carbonyl (C=O) groups is 2. The molecule has 3 rings (SSSR count). The van der Waals surface area contributed by atoms with Crippen LogP contribution in [0.3, 0.4) is 0 Å². The lowest BCUT2D eigenvalue weighted by Crippen LogP contribution is -2.30. The minimum Gasteiger partial charge on any atom is -0.450 e. The molecular formula is C19H16ClNO4. The highest BCUT2D eigenvalue weighted by Crippen LogP contribution is 2.23. The van der Waals surface area contributed by atoms with Gasteiger partial charge in [-0.15, -0.1) is 0 Å². The third-order valence-corrected chi connectivity index (χ3v) is 3.93. The third kappa shape index (κ3) is 4.19. The summed E-state index contributed by atoms with van der Waals surface area (Å²) in [4.78, 5) is 25.7. The predicted molar refractivity (Wildman–Crippen MR) is 94.4 cm³/mol. The molecule has 1 heterocycles. The van der Waals surface area contributed by atoms with E-state index in [0.29, 0.717) is 22.5 Å². The van der Waals surface area contributed by atoms with Crippen LogP contribution >= 0.6 is 11.6 Å². The Bertz CT molecular complexity index is 904. The van der Waals surface area contributed by atoms with Gasteiger partial charge < -0.3 is 14.1 Å². The molecule has 6 heteroatoms. The van der Waals surface area contributed by atoms with Crippen LogP contribution in [0, 0.1) is 0 Å². The first kappa shape index (κ1) is 17.0. The molecule has 0 radical (unpaired) electrons. The second-order valence-electron chi connectivity index (χ2n) is 5.60. The van der Waals surface area contributed by atoms with E-state index >= 15 is 0 Å². The number of hydrogen-bond acceptors (Lipinski definition) is 4. The third-order valence-electron chi connectivity index (χ3n) is 3.69. The molecular weight excluding hydrogens is 342 g/mol. The summed E-state index contributed by atoms with van der Waals surface area (Å²) in [6.07, 6.45) is 0. The smallest absolute Gasteiger partial charge is 0.374 e. The minimum atomic E-state index is -0.686. The predicted octanol–water partition coefficient (Wildman–Crippen LogP) is 3.90. The Morgan fingerprint density at radius 2 is 1.88 bits per heavy atom. The molecule has 0 spiro atoms. The Morgan fingerprint density at radius 1 is 1.12 bits per heavy atom. The molecule has 1 amide bonds. The van der Waals surface area contributed by atoms with Crippen molar-refractivity contribution in [2.75, 3.05) is 13.7 Å². The summed E-state index contributed by atoms with van der Waals surface area (Å²) in [5, 5.41) is 1.25. The zero-order valence-corrected chi connectivity index (χ0v) is 14.3. The standard InChI is InChI=1S/C19H16ClNO4/c1-21(11-13-5-3-2-4-6-13)18(22)12-24-19(23)17-10-14-9-15(20)7-8-16(14)25-17/h2-10H,11-12H2,1H3. The number of likely N-dealkylation sites (N-methyl/N-ethyl adjacent to an activating group) is 1. The van der Waals surface area contributed by atoms with Gasteiger partial charge in [0.05, 0.1) is 0 Å². The lowest BCUT2D eigenvalue weighted by atomic mass is 10.2. The van der Waals surface area contributed by atoms with Crippen LogP contribution in [0.2, 0.25) is 5.02 Å². The molecule has 0 aliphatic heterocycles. The van der Waals surface area contributed by atoms with E-state index in [0.717, 1.165) is 5.56 Å². The van der Waals surface area contributed by atoms with Gasteiger partial charge in [0.2, 0.25) is 5.76 Å². The van der Waals surface area contributed by atoms with Crippen LogP contribution in [0.25, 0.3) is 11.0 Å². The summed E-state index contributed by atoms with van der Waals surface area (Å²) in [6.45, 7) is 0.0975. The van der Waals surface area contributed by atoms with Gasteiger partial charge in [-0.1, -0.05) is 41.9 Å². The largest absolute Gasteiger partial charge is 0.450 e. The summed E-state index contributed by atoms with van der Waals surface area (Å²) >= 11 is 5.90. The second-order valence-corrected chi connectivity index (χ2v) is 6.04. The molecule has 2 aromatic carbocycles. The van der Waals surface area contributed by atoms with Gasteiger partial charge >= 0.3 is 5.97 Å². The van der Waals surface area contributed by atoms with E-state index in [4.69, 9.17) is 20.8 Å². The lowest BCUT2D eigenvalue weighted by molar-refractivity contribution is -0.133. The topological polar surface area (TPSA) is 59.8 Å². The van der Waals surface area contributed by atoms with E-state index in [1.807, 2.05) is 30.3 Å². The van der Waals surface area contributed by atoms with Gasteiger partial charge in [0.15, 0.2) is 6.61 Å². The summed E-state index contributed by atoms with van der Waals surface area (Å²) < 4.78 is 10.5. The average molecular weight is 358 g/mol. The first-order chi connectivity index (χ1) is 12.0. The maximum Gasteiger partial charge on any atom is 0.374 e. The molecule has 0 atom stereocenters. The van der Waals surface area contributed by atoms with Crippen LogP contribution < -0.4 is 0 Å². The molecule has 0 saturated heterocycles. The number of benzene rings is 2. The minimum absolute atomic E-state index is 0.0378. The highest BCUT2D eigenvalue weighted by Gasteiger charge is 2.17. The van der Waals surface area contributed by atoms with Crippen molar-refractivity contribution in [2.24, 2.45) is 0 Å². The molecule has 25 heavy (non-hydrogen) atoms. The van der Waals surface area contributed by atoms with E-state index in [1.165, 1.54) is 4.90 Å². The fraction of sp³-hybridized carbons (Fsp3) is 0.158. The summed E-state index contributed by atoms with van der Waals surface area (Å²) in [6, 6.07) is 16.1. The summed E-state index contributed by atoms with van der Waals surface area (Å²) in [5.74, 6) is -0.944. The van der Waals surface area contributed by atoms with Crippen LogP contribution in [0.4, 0.5) is 0 Å². The molecule has 0 fully saturated rings. The maximum absolute atomic E-state index is 12.1. The van der Waals surface area contributed by atoms with Crippen molar-refractivity contribution in [3.05, 3.63) is 70.9 Å². The number of hydrogen-bond donors (Lipinski definition) is 0. The van der Waals surface area contributed by atoms with Crippen molar-refractivity contribution in [3.63, 3.8) is 0 Å². The zero-order valence-electron chi connectivity index (χ0n) is 13.6. The molecule has 0 unspecified atom stereocenters. The zero-order chi connectivity index (χ0) is 17.8. The molecule has 0 bridgehead atoms. The highest BCUT2D eigenvalue weighted by atomic mass is 35.5. The molecule has 0 saturated carbocycles. The van der Waals surface area contributed by atoms with Gasteiger partial charge in [0, 0.05) is 24.0 Å². The van der Waals surface area contributed by atoms with Gasteiger partial charge in [-0.2, -0.15) is 0 Å². The molecule has 1 aromatic heterocycles. The van der Waals surface area contributed by atoms with Gasteiger partial charge in [0.25, 0.3) is 5.91 Å². The van der Waals surface area contributed by atoms with Crippen LogP contribution in [-0.4, -0.2) is 30.4 Å². The van der Waals surface area contributed by atoms with Gasteiger partial charge in [0.1, 0.15) is 5.58 Å². The Labute approximate surface area is 149 Å². The number of nitrogens with zero attached hydrogens (tertiary/aromatic N) is 1. The van der Waals surface area contributed by atoms with Crippen molar-refractivity contribution in [2.45, 2.75) is 6.54 Å². The van der Waals surface area contributed by atoms with E-state index < -0.39 is 5.97 Å². The van der Waals surface area contributed by atoms with Crippen LogP contribution in [0.1, 0.15) is 16.1 Å². The number of furan rings is 1. The molecule has 0 N–H and O–H groups in total. The van der Waals surface area contributed by atoms with Crippen molar-refractivity contribution in [1.82, 2.24) is 4.90 Å². The lowest BCUT2D eigenvalue weighted by Gasteiger charge is -2.16. The van der Waals surface area contributed by atoms with Gasteiger partial charge in [-0.25, -0.2) is 4.79 Å². The first-order valence-electron chi connectivity index (χ1n) is 7.67. The normalized spacial score (nSPS) is 10.6. The van der Waals surface area contributed by atoms with E-state index in [2.05, 4.69) is 0 Å². The Kier molecular flexibility index (Phi) is 5.05. The van der Waals surface area contributed by atoms with Crippen LogP contribution in [-0.2, 0) is 16.1 Å². The molecule has 128 valence electrons. The Hall–Kier alpha value is -2.79. The van der Waals surface area contributed by atoms with E-state index in [-0.39, 0.29) is 18.3 Å². The van der Waals surface area contributed by atoms with Crippen molar-refractivity contribution in [1.29, 1.82) is 0 Å². The number of carbonyl (C=O) groups excluding carboxylic acids is 2. The quantitative estimate of drug-likeness (QED) is 0.650.